The molecule has 0 aliphatic rings. The SMILES string of the molecule is CCC[CH-]CCCC.[Na+]. The van der Waals surface area contributed by atoms with Crippen LogP contribution in [-0.2, 0) is 0 Å². The molecular weight excluding hydrogens is 119 g/mol. The molecule has 0 spiro atoms. The van der Waals surface area contributed by atoms with E-state index >= 15 is 0 Å². The van der Waals surface area contributed by atoms with Gasteiger partial charge < -0.3 is 6.42 Å². The predicted molar refractivity (Wildman–Crippen MR) is 38.7 cm³/mol. The van der Waals surface area contributed by atoms with Gasteiger partial charge in [0.15, 0.2) is 0 Å². The summed E-state index contributed by atoms with van der Waals surface area (Å²) in [5, 5.41) is 0. The molecule has 0 aliphatic carbocycles. The van der Waals surface area contributed by atoms with E-state index in [1.165, 1.54) is 32.1 Å². The van der Waals surface area contributed by atoms with Crippen LogP contribution < -0.4 is 29.6 Å². The predicted octanol–water partition coefficient (Wildman–Crippen LogP) is 0.185. The van der Waals surface area contributed by atoms with Gasteiger partial charge in [0.2, 0.25) is 0 Å². The minimum atomic E-state index is 0. The van der Waals surface area contributed by atoms with Crippen LogP contribution in [-0.4, -0.2) is 0 Å². The molecular formula is C8H17Na. The Hall–Kier alpha value is 1.00. The second-order valence-electron chi connectivity index (χ2n) is 2.22. The van der Waals surface area contributed by atoms with Gasteiger partial charge in [0.1, 0.15) is 0 Å². The standard InChI is InChI=1S/C8H17.Na/c1-3-5-7-8-6-4-2;/h7H,3-6,8H2,1-2H3;/q-1;+1. The zero-order valence-electron chi connectivity index (χ0n) is 7.11. The van der Waals surface area contributed by atoms with Crippen LogP contribution in [0.5, 0.6) is 0 Å². The molecule has 0 unspecified atom stereocenters. The monoisotopic (exact) mass is 136 g/mol. The van der Waals surface area contributed by atoms with Crippen molar-refractivity contribution in [2.24, 2.45) is 0 Å². The van der Waals surface area contributed by atoms with Crippen LogP contribution in [0, 0.1) is 6.42 Å². The molecule has 0 atom stereocenters. The first-order chi connectivity index (χ1) is 3.91. The van der Waals surface area contributed by atoms with Crippen molar-refractivity contribution in [1.82, 2.24) is 0 Å². The van der Waals surface area contributed by atoms with Crippen LogP contribution in [0.1, 0.15) is 46.0 Å². The van der Waals surface area contributed by atoms with Crippen molar-refractivity contribution < 1.29 is 29.6 Å². The minimum Gasteiger partial charge on any atom is -0.328 e. The van der Waals surface area contributed by atoms with Crippen LogP contribution in [0.4, 0.5) is 0 Å². The van der Waals surface area contributed by atoms with E-state index in [-0.39, 0.29) is 29.6 Å². The molecule has 1 heteroatoms. The third-order valence-electron chi connectivity index (χ3n) is 1.25. The summed E-state index contributed by atoms with van der Waals surface area (Å²) < 4.78 is 0. The van der Waals surface area contributed by atoms with Crippen molar-refractivity contribution in [3.8, 4) is 0 Å². The maximum Gasteiger partial charge on any atom is 1.00 e. The Morgan fingerprint density at radius 1 is 1.00 bits per heavy atom. The fourth-order valence-electron chi connectivity index (χ4n) is 0.697. The van der Waals surface area contributed by atoms with Crippen LogP contribution in [0.3, 0.4) is 0 Å². The first-order valence-electron chi connectivity index (χ1n) is 3.73. The van der Waals surface area contributed by atoms with E-state index in [4.69, 9.17) is 0 Å². The normalized spacial score (nSPS) is 8.67. The summed E-state index contributed by atoms with van der Waals surface area (Å²) in [5.41, 5.74) is 0. The zero-order chi connectivity index (χ0) is 6.24. The molecule has 0 N–H and O–H groups in total. The molecule has 0 aromatic carbocycles. The van der Waals surface area contributed by atoms with Crippen molar-refractivity contribution in [1.29, 1.82) is 0 Å². The van der Waals surface area contributed by atoms with Gasteiger partial charge in [0, 0.05) is 0 Å². The zero-order valence-corrected chi connectivity index (χ0v) is 9.11. The van der Waals surface area contributed by atoms with Gasteiger partial charge in [-0.25, -0.2) is 0 Å². The Morgan fingerprint density at radius 3 is 2.11 bits per heavy atom. The molecule has 0 nitrogen and oxygen atoms in total. The summed E-state index contributed by atoms with van der Waals surface area (Å²) in [5.74, 6) is 0. The molecule has 0 heterocycles. The van der Waals surface area contributed by atoms with Crippen molar-refractivity contribution in [3.63, 3.8) is 0 Å². The number of hydrogen-bond donors (Lipinski definition) is 0. The molecule has 9 heavy (non-hydrogen) atoms. The van der Waals surface area contributed by atoms with Gasteiger partial charge in [0.25, 0.3) is 0 Å². The molecule has 50 valence electrons. The average molecular weight is 136 g/mol. The van der Waals surface area contributed by atoms with Gasteiger partial charge in [-0.1, -0.05) is 33.1 Å². The Labute approximate surface area is 81.7 Å². The summed E-state index contributed by atoms with van der Waals surface area (Å²) in [6.45, 7) is 4.46. The molecule has 0 fully saturated rings. The summed E-state index contributed by atoms with van der Waals surface area (Å²) in [6.07, 6.45) is 9.04. The van der Waals surface area contributed by atoms with E-state index in [0.717, 1.165) is 0 Å². The van der Waals surface area contributed by atoms with Crippen molar-refractivity contribution >= 4 is 0 Å². The molecule has 0 aromatic rings. The number of hydrogen-bond acceptors (Lipinski definition) is 0. The summed E-state index contributed by atoms with van der Waals surface area (Å²) in [7, 11) is 0. The fraction of sp³-hybridized carbons (Fsp3) is 0.875. The van der Waals surface area contributed by atoms with Gasteiger partial charge in [-0.05, 0) is 0 Å². The van der Waals surface area contributed by atoms with E-state index < -0.39 is 0 Å². The van der Waals surface area contributed by atoms with Crippen LogP contribution in [0.2, 0.25) is 0 Å². The second-order valence-corrected chi connectivity index (χ2v) is 2.22. The van der Waals surface area contributed by atoms with E-state index in [1.54, 1.807) is 0 Å². The Kier molecular flexibility index (Phi) is 16.5. The van der Waals surface area contributed by atoms with Crippen LogP contribution in [0.15, 0.2) is 0 Å². The summed E-state index contributed by atoms with van der Waals surface area (Å²) >= 11 is 0. The third-order valence-corrected chi connectivity index (χ3v) is 1.25. The summed E-state index contributed by atoms with van der Waals surface area (Å²) in [6, 6.07) is 0. The molecule has 0 saturated heterocycles. The van der Waals surface area contributed by atoms with E-state index in [1.807, 2.05) is 0 Å². The maximum atomic E-state index is 2.39. The molecule has 0 aromatic heterocycles. The molecule has 0 aliphatic heterocycles. The molecule has 0 rings (SSSR count). The fourth-order valence-corrected chi connectivity index (χ4v) is 0.697. The number of rotatable bonds is 5. The van der Waals surface area contributed by atoms with Gasteiger partial charge in [-0.3, -0.25) is 0 Å². The van der Waals surface area contributed by atoms with Gasteiger partial charge >= 0.3 is 29.6 Å². The van der Waals surface area contributed by atoms with Crippen LogP contribution >= 0.6 is 0 Å². The summed E-state index contributed by atoms with van der Waals surface area (Å²) in [4.78, 5) is 0. The van der Waals surface area contributed by atoms with Crippen molar-refractivity contribution in [3.05, 3.63) is 6.42 Å². The Balaban J connectivity index is 0. The average Bonchev–Trinajstić information content (AvgIpc) is 1.81. The smallest absolute Gasteiger partial charge is 0.328 e. The molecule has 0 radical (unpaired) electrons. The van der Waals surface area contributed by atoms with Gasteiger partial charge in [-0.15, -0.1) is 0 Å². The Morgan fingerprint density at radius 2 is 1.67 bits per heavy atom. The molecule has 0 bridgehead atoms. The van der Waals surface area contributed by atoms with E-state index in [0.29, 0.717) is 0 Å². The van der Waals surface area contributed by atoms with Gasteiger partial charge in [-0.2, -0.15) is 12.8 Å². The topological polar surface area (TPSA) is 0 Å². The van der Waals surface area contributed by atoms with E-state index in [2.05, 4.69) is 20.3 Å². The Bertz CT molecular complexity index is 29.5. The first kappa shape index (κ1) is 12.7. The van der Waals surface area contributed by atoms with Crippen molar-refractivity contribution in [2.45, 2.75) is 46.0 Å². The van der Waals surface area contributed by atoms with E-state index in [9.17, 15) is 0 Å². The van der Waals surface area contributed by atoms with Gasteiger partial charge in [0.05, 0.1) is 0 Å². The maximum absolute atomic E-state index is 2.39. The first-order valence-corrected chi connectivity index (χ1v) is 3.73. The third kappa shape index (κ3) is 12.2. The second kappa shape index (κ2) is 11.8. The number of unbranched alkanes of at least 4 members (excludes halogenated alkanes) is 5. The molecule has 0 saturated carbocycles. The van der Waals surface area contributed by atoms with Crippen LogP contribution in [0.25, 0.3) is 0 Å². The minimum absolute atomic E-state index is 0. The van der Waals surface area contributed by atoms with Crippen molar-refractivity contribution in [2.75, 3.05) is 0 Å². The largest absolute Gasteiger partial charge is 1.00 e. The quantitative estimate of drug-likeness (QED) is 0.287. The molecule has 0 amide bonds.